The van der Waals surface area contributed by atoms with Crippen molar-refractivity contribution in [2.75, 3.05) is 6.54 Å². The van der Waals surface area contributed by atoms with Gasteiger partial charge >= 0.3 is 5.97 Å². The van der Waals surface area contributed by atoms with Gasteiger partial charge in [-0.2, -0.15) is 5.10 Å². The first-order valence-corrected chi connectivity index (χ1v) is 9.56. The third-order valence-corrected chi connectivity index (χ3v) is 5.44. The van der Waals surface area contributed by atoms with Gasteiger partial charge in [-0.25, -0.2) is 10.2 Å². The Kier molecular flexibility index (Phi) is 6.21. The van der Waals surface area contributed by atoms with Crippen LogP contribution in [0.3, 0.4) is 0 Å². The fourth-order valence-electron chi connectivity index (χ4n) is 3.63. The number of nitrogens with zero attached hydrogens (tertiary/aromatic N) is 2. The predicted molar refractivity (Wildman–Crippen MR) is 105 cm³/mol. The van der Waals surface area contributed by atoms with Gasteiger partial charge in [-0.3, -0.25) is 19.3 Å². The molecule has 1 aliphatic carbocycles. The molecule has 2 aliphatic rings. The zero-order valence-electron chi connectivity index (χ0n) is 16.1. The van der Waals surface area contributed by atoms with Gasteiger partial charge in [-0.15, -0.1) is 0 Å². The van der Waals surface area contributed by atoms with Gasteiger partial charge in [-0.1, -0.05) is 12.1 Å². The Bertz CT molecular complexity index is 862. The monoisotopic (exact) mass is 397 g/mol. The Morgan fingerprint density at radius 2 is 1.59 bits per heavy atom. The first-order chi connectivity index (χ1) is 13.8. The predicted octanol–water partition coefficient (Wildman–Crippen LogP) is 1.96. The topological polar surface area (TPSA) is 116 Å². The number of carbonyl (C=O) groups excluding carboxylic acids is 3. The van der Waals surface area contributed by atoms with Crippen LogP contribution in [0.2, 0.25) is 0 Å². The number of aromatic carboxylic acids is 1. The SMILES string of the molecule is CC(=NNC(=O)C1CCC(CN2C(=O)C=CC2=O)CC1)c1ccc(C(=O)O)cc1. The minimum absolute atomic E-state index is 0.153. The van der Waals surface area contributed by atoms with E-state index in [0.717, 1.165) is 18.4 Å². The third-order valence-electron chi connectivity index (χ3n) is 5.44. The van der Waals surface area contributed by atoms with Gasteiger partial charge in [0, 0.05) is 24.6 Å². The summed E-state index contributed by atoms with van der Waals surface area (Å²) in [4.78, 5) is 47.9. The van der Waals surface area contributed by atoms with Gasteiger partial charge in [0.05, 0.1) is 11.3 Å². The highest BCUT2D eigenvalue weighted by molar-refractivity contribution is 6.12. The minimum atomic E-state index is -0.996. The molecule has 3 rings (SSSR count). The summed E-state index contributed by atoms with van der Waals surface area (Å²) in [6.45, 7) is 2.15. The van der Waals surface area contributed by atoms with E-state index in [9.17, 15) is 19.2 Å². The molecule has 29 heavy (non-hydrogen) atoms. The molecular formula is C21H23N3O5. The molecule has 1 aliphatic heterocycles. The van der Waals surface area contributed by atoms with Crippen LogP contribution in [0.25, 0.3) is 0 Å². The van der Waals surface area contributed by atoms with Crippen molar-refractivity contribution in [3.63, 3.8) is 0 Å². The van der Waals surface area contributed by atoms with Crippen LogP contribution < -0.4 is 5.43 Å². The smallest absolute Gasteiger partial charge is 0.335 e. The van der Waals surface area contributed by atoms with E-state index in [1.54, 1.807) is 19.1 Å². The van der Waals surface area contributed by atoms with Crippen LogP contribution in [0.1, 0.15) is 48.5 Å². The lowest BCUT2D eigenvalue weighted by atomic mass is 9.81. The Morgan fingerprint density at radius 1 is 1.03 bits per heavy atom. The van der Waals surface area contributed by atoms with E-state index in [1.165, 1.54) is 29.2 Å². The molecule has 0 unspecified atom stereocenters. The summed E-state index contributed by atoms with van der Waals surface area (Å²) >= 11 is 0. The van der Waals surface area contributed by atoms with Crippen molar-refractivity contribution < 1.29 is 24.3 Å². The van der Waals surface area contributed by atoms with E-state index >= 15 is 0 Å². The number of hydrogen-bond donors (Lipinski definition) is 2. The van der Waals surface area contributed by atoms with Crippen molar-refractivity contribution in [2.45, 2.75) is 32.6 Å². The van der Waals surface area contributed by atoms with Crippen molar-refractivity contribution in [2.24, 2.45) is 16.9 Å². The normalized spacial score (nSPS) is 22.1. The van der Waals surface area contributed by atoms with Crippen molar-refractivity contribution in [1.82, 2.24) is 10.3 Å². The van der Waals surface area contributed by atoms with Gasteiger partial charge < -0.3 is 5.11 Å². The molecule has 1 fully saturated rings. The molecule has 0 radical (unpaired) electrons. The van der Waals surface area contributed by atoms with E-state index in [-0.39, 0.29) is 35.1 Å². The molecule has 2 N–H and O–H groups in total. The molecule has 0 aromatic heterocycles. The van der Waals surface area contributed by atoms with Crippen molar-refractivity contribution in [3.8, 4) is 0 Å². The molecule has 0 atom stereocenters. The molecular weight excluding hydrogens is 374 g/mol. The number of amides is 3. The van der Waals surface area contributed by atoms with Crippen LogP contribution in [0, 0.1) is 11.8 Å². The summed E-state index contributed by atoms with van der Waals surface area (Å²) in [7, 11) is 0. The third kappa shape index (κ3) is 4.96. The summed E-state index contributed by atoms with van der Waals surface area (Å²) in [6, 6.07) is 6.28. The zero-order chi connectivity index (χ0) is 21.0. The fourth-order valence-corrected chi connectivity index (χ4v) is 3.63. The van der Waals surface area contributed by atoms with E-state index in [0.29, 0.717) is 25.1 Å². The highest BCUT2D eigenvalue weighted by Crippen LogP contribution is 2.30. The summed E-state index contributed by atoms with van der Waals surface area (Å²) in [5.74, 6) is -1.62. The second kappa shape index (κ2) is 8.81. The second-order valence-corrected chi connectivity index (χ2v) is 7.39. The number of imide groups is 1. The van der Waals surface area contributed by atoms with E-state index < -0.39 is 5.97 Å². The highest BCUT2D eigenvalue weighted by atomic mass is 16.4. The minimum Gasteiger partial charge on any atom is -0.478 e. The van der Waals surface area contributed by atoms with Gasteiger partial charge in [0.1, 0.15) is 0 Å². The van der Waals surface area contributed by atoms with Crippen LogP contribution >= 0.6 is 0 Å². The maximum Gasteiger partial charge on any atom is 0.335 e. The van der Waals surface area contributed by atoms with Gasteiger partial charge in [-0.05, 0) is 56.2 Å². The summed E-state index contributed by atoms with van der Waals surface area (Å²) < 4.78 is 0. The molecule has 152 valence electrons. The molecule has 3 amide bonds. The van der Waals surface area contributed by atoms with E-state index in [4.69, 9.17) is 5.11 Å². The number of rotatable bonds is 6. The van der Waals surface area contributed by atoms with Crippen LogP contribution in [-0.2, 0) is 14.4 Å². The summed E-state index contributed by atoms with van der Waals surface area (Å²) in [5, 5.41) is 13.1. The Hall–Kier alpha value is -3.29. The molecule has 8 nitrogen and oxygen atoms in total. The quantitative estimate of drug-likeness (QED) is 0.432. The van der Waals surface area contributed by atoms with Gasteiger partial charge in [0.2, 0.25) is 5.91 Å². The van der Waals surface area contributed by atoms with Crippen molar-refractivity contribution >= 4 is 29.4 Å². The lowest BCUT2D eigenvalue weighted by Gasteiger charge is -2.29. The van der Waals surface area contributed by atoms with Crippen LogP contribution in [0.4, 0.5) is 0 Å². The van der Waals surface area contributed by atoms with Crippen LogP contribution in [0.5, 0.6) is 0 Å². The van der Waals surface area contributed by atoms with E-state index in [2.05, 4.69) is 10.5 Å². The molecule has 8 heteroatoms. The average Bonchev–Trinajstić information content (AvgIpc) is 3.04. The Labute approximate surface area is 168 Å². The summed E-state index contributed by atoms with van der Waals surface area (Å²) in [6.07, 6.45) is 5.49. The first-order valence-electron chi connectivity index (χ1n) is 9.56. The molecule has 1 aromatic rings. The molecule has 1 saturated carbocycles. The molecule has 0 saturated heterocycles. The zero-order valence-corrected chi connectivity index (χ0v) is 16.1. The largest absolute Gasteiger partial charge is 0.478 e. The van der Waals surface area contributed by atoms with Crippen molar-refractivity contribution in [1.29, 1.82) is 0 Å². The number of nitrogens with one attached hydrogen (secondary N) is 1. The standard InChI is InChI=1S/C21H23N3O5/c1-13(15-6-8-17(9-7-15)21(28)29)22-23-20(27)16-4-2-14(3-5-16)12-24-18(25)10-11-19(24)26/h6-11,14,16H,2-5,12H2,1H3,(H,23,27)(H,28,29). The summed E-state index contributed by atoms with van der Waals surface area (Å²) in [5.41, 5.74) is 4.10. The van der Waals surface area contributed by atoms with Gasteiger partial charge in [0.15, 0.2) is 0 Å². The average molecular weight is 397 g/mol. The number of hydrogen-bond acceptors (Lipinski definition) is 5. The molecule has 1 aromatic carbocycles. The molecule has 0 spiro atoms. The second-order valence-electron chi connectivity index (χ2n) is 7.39. The lowest BCUT2D eigenvalue weighted by molar-refractivity contribution is -0.138. The number of carboxylic acid groups (broad SMARTS) is 1. The maximum atomic E-state index is 12.4. The Balaban J connectivity index is 1.48. The van der Waals surface area contributed by atoms with E-state index in [1.807, 2.05) is 0 Å². The number of carboxylic acids is 1. The Morgan fingerprint density at radius 3 is 2.14 bits per heavy atom. The van der Waals surface area contributed by atoms with Crippen LogP contribution in [-0.4, -0.2) is 46.0 Å². The molecule has 0 bridgehead atoms. The number of carbonyl (C=O) groups is 4. The maximum absolute atomic E-state index is 12.4. The van der Waals surface area contributed by atoms with Gasteiger partial charge in [0.25, 0.3) is 11.8 Å². The number of benzene rings is 1. The first kappa shape index (κ1) is 20.4. The molecule has 1 heterocycles. The van der Waals surface area contributed by atoms with Crippen LogP contribution in [0.15, 0.2) is 41.5 Å². The fraction of sp³-hybridized carbons (Fsp3) is 0.381. The number of hydrazone groups is 1. The van der Waals surface area contributed by atoms with Crippen molar-refractivity contribution in [3.05, 3.63) is 47.5 Å². The highest BCUT2D eigenvalue weighted by Gasteiger charge is 2.31. The lowest BCUT2D eigenvalue weighted by Crippen LogP contribution is -2.37.